The molecule has 0 aliphatic heterocycles. The summed E-state index contributed by atoms with van der Waals surface area (Å²) in [6, 6.07) is 4.47. The normalized spacial score (nSPS) is 15.3. The summed E-state index contributed by atoms with van der Waals surface area (Å²) in [7, 11) is 0. The molecule has 0 fully saturated rings. The van der Waals surface area contributed by atoms with E-state index in [0.29, 0.717) is 10.6 Å². The maximum atomic E-state index is 14.1. The number of nitrogens with zero attached hydrogens (tertiary/aromatic N) is 1. The molecule has 2 nitrogen and oxygen atoms in total. The van der Waals surface area contributed by atoms with Crippen LogP contribution in [0.3, 0.4) is 0 Å². The van der Waals surface area contributed by atoms with Crippen LogP contribution in [0.1, 0.15) is 40.5 Å². The standard InChI is InChI=1S/C15H16ClFN2S/c1-2-18-14(10-8-9(16)6-7-11(10)17)15-19-12-4-3-5-13(12)20-15/h6-8,14,18H,2-5H2,1H3. The van der Waals surface area contributed by atoms with E-state index in [-0.39, 0.29) is 11.9 Å². The van der Waals surface area contributed by atoms with E-state index in [0.717, 1.165) is 24.4 Å². The fourth-order valence-electron chi connectivity index (χ4n) is 2.60. The maximum Gasteiger partial charge on any atom is 0.128 e. The highest BCUT2D eigenvalue weighted by Gasteiger charge is 2.24. The van der Waals surface area contributed by atoms with Crippen LogP contribution in [0.4, 0.5) is 4.39 Å². The van der Waals surface area contributed by atoms with Crippen molar-refractivity contribution in [2.24, 2.45) is 0 Å². The van der Waals surface area contributed by atoms with E-state index >= 15 is 0 Å². The topological polar surface area (TPSA) is 24.9 Å². The van der Waals surface area contributed by atoms with Gasteiger partial charge in [0.1, 0.15) is 10.8 Å². The van der Waals surface area contributed by atoms with Crippen LogP contribution < -0.4 is 5.32 Å². The zero-order valence-corrected chi connectivity index (χ0v) is 12.8. The Morgan fingerprint density at radius 3 is 3.05 bits per heavy atom. The first-order valence-electron chi connectivity index (χ1n) is 6.86. The highest BCUT2D eigenvalue weighted by molar-refractivity contribution is 7.11. The molecule has 0 bridgehead atoms. The number of thiazole rings is 1. The van der Waals surface area contributed by atoms with Crippen molar-refractivity contribution in [2.75, 3.05) is 6.54 Å². The summed E-state index contributed by atoms with van der Waals surface area (Å²) in [5.41, 5.74) is 1.77. The predicted molar refractivity (Wildman–Crippen MR) is 81.1 cm³/mol. The fraction of sp³-hybridized carbons (Fsp3) is 0.400. The van der Waals surface area contributed by atoms with Crippen molar-refractivity contribution in [3.05, 3.63) is 50.2 Å². The van der Waals surface area contributed by atoms with E-state index in [2.05, 4.69) is 5.32 Å². The van der Waals surface area contributed by atoms with Crippen LogP contribution in [0.15, 0.2) is 18.2 Å². The van der Waals surface area contributed by atoms with Gasteiger partial charge in [-0.05, 0) is 44.0 Å². The summed E-state index contributed by atoms with van der Waals surface area (Å²) in [5.74, 6) is -0.240. The lowest BCUT2D eigenvalue weighted by Gasteiger charge is -2.17. The molecule has 1 aliphatic carbocycles. The highest BCUT2D eigenvalue weighted by Crippen LogP contribution is 2.34. The van der Waals surface area contributed by atoms with Gasteiger partial charge in [-0.2, -0.15) is 0 Å². The average Bonchev–Trinajstić information content (AvgIpc) is 3.00. The Kier molecular flexibility index (Phi) is 4.06. The van der Waals surface area contributed by atoms with Crippen LogP contribution in [-0.2, 0) is 12.8 Å². The molecule has 5 heteroatoms. The smallest absolute Gasteiger partial charge is 0.128 e. The third kappa shape index (κ3) is 2.60. The molecule has 0 saturated carbocycles. The van der Waals surface area contributed by atoms with E-state index in [1.54, 1.807) is 23.5 Å². The molecule has 0 saturated heterocycles. The van der Waals surface area contributed by atoms with Crippen LogP contribution in [0.5, 0.6) is 0 Å². The van der Waals surface area contributed by atoms with Gasteiger partial charge in [-0.15, -0.1) is 11.3 Å². The molecule has 3 rings (SSSR count). The van der Waals surface area contributed by atoms with Crippen LogP contribution in [-0.4, -0.2) is 11.5 Å². The minimum absolute atomic E-state index is 0.214. The number of hydrogen-bond acceptors (Lipinski definition) is 3. The predicted octanol–water partition coefficient (Wildman–Crippen LogP) is 4.12. The number of aryl methyl sites for hydroxylation is 2. The van der Waals surface area contributed by atoms with Crippen LogP contribution in [0.25, 0.3) is 0 Å². The van der Waals surface area contributed by atoms with Gasteiger partial charge >= 0.3 is 0 Å². The molecule has 1 atom stereocenters. The Labute approximate surface area is 127 Å². The van der Waals surface area contributed by atoms with E-state index in [4.69, 9.17) is 16.6 Å². The van der Waals surface area contributed by atoms with Crippen molar-refractivity contribution in [1.29, 1.82) is 0 Å². The van der Waals surface area contributed by atoms with Gasteiger partial charge in [0.2, 0.25) is 0 Å². The van der Waals surface area contributed by atoms with Crippen LogP contribution in [0.2, 0.25) is 5.02 Å². The summed E-state index contributed by atoms with van der Waals surface area (Å²) in [4.78, 5) is 6.06. The molecule has 2 aromatic rings. The molecule has 0 spiro atoms. The van der Waals surface area contributed by atoms with Gasteiger partial charge in [-0.25, -0.2) is 9.37 Å². The van der Waals surface area contributed by atoms with Crippen molar-refractivity contribution < 1.29 is 4.39 Å². The Bertz CT molecular complexity index is 605. The Hall–Kier alpha value is -0.970. The highest BCUT2D eigenvalue weighted by atomic mass is 35.5. The molecule has 1 aliphatic rings. The quantitative estimate of drug-likeness (QED) is 0.918. The van der Waals surface area contributed by atoms with Crippen LogP contribution in [0, 0.1) is 5.82 Å². The second kappa shape index (κ2) is 5.80. The minimum Gasteiger partial charge on any atom is -0.304 e. The van der Waals surface area contributed by atoms with E-state index in [1.165, 1.54) is 23.1 Å². The number of rotatable bonds is 4. The maximum absolute atomic E-state index is 14.1. The summed E-state index contributed by atoms with van der Waals surface area (Å²) in [6.45, 7) is 2.76. The minimum atomic E-state index is -0.240. The van der Waals surface area contributed by atoms with Crippen molar-refractivity contribution in [3.63, 3.8) is 0 Å². The van der Waals surface area contributed by atoms with Crippen molar-refractivity contribution >= 4 is 22.9 Å². The summed E-state index contributed by atoms with van der Waals surface area (Å²) in [5, 5.41) is 4.81. The summed E-state index contributed by atoms with van der Waals surface area (Å²) in [6.07, 6.45) is 3.33. The van der Waals surface area contributed by atoms with Crippen molar-refractivity contribution in [1.82, 2.24) is 10.3 Å². The molecule has 106 valence electrons. The fourth-order valence-corrected chi connectivity index (χ4v) is 4.03. The Balaban J connectivity index is 2.01. The molecular formula is C15H16ClFN2S. The molecule has 1 N–H and O–H groups in total. The Morgan fingerprint density at radius 2 is 2.30 bits per heavy atom. The van der Waals surface area contributed by atoms with Crippen molar-refractivity contribution in [3.8, 4) is 0 Å². The van der Waals surface area contributed by atoms with Gasteiger partial charge in [0.05, 0.1) is 11.7 Å². The second-order valence-electron chi connectivity index (χ2n) is 4.93. The van der Waals surface area contributed by atoms with Gasteiger partial charge < -0.3 is 5.32 Å². The molecule has 1 aromatic carbocycles. The molecule has 1 heterocycles. The number of nitrogens with one attached hydrogen (secondary N) is 1. The Morgan fingerprint density at radius 1 is 1.45 bits per heavy atom. The largest absolute Gasteiger partial charge is 0.304 e. The molecule has 20 heavy (non-hydrogen) atoms. The second-order valence-corrected chi connectivity index (χ2v) is 6.48. The van der Waals surface area contributed by atoms with E-state index < -0.39 is 0 Å². The number of hydrogen-bond donors (Lipinski definition) is 1. The molecule has 1 unspecified atom stereocenters. The van der Waals surface area contributed by atoms with Crippen molar-refractivity contribution in [2.45, 2.75) is 32.2 Å². The van der Waals surface area contributed by atoms with E-state index in [9.17, 15) is 4.39 Å². The first-order valence-corrected chi connectivity index (χ1v) is 8.05. The first-order chi connectivity index (χ1) is 9.69. The molecule has 1 aromatic heterocycles. The lowest BCUT2D eigenvalue weighted by Crippen LogP contribution is -2.23. The lowest BCUT2D eigenvalue weighted by molar-refractivity contribution is 0.557. The average molecular weight is 311 g/mol. The van der Waals surface area contributed by atoms with Gasteiger partial charge in [-0.3, -0.25) is 0 Å². The van der Waals surface area contributed by atoms with Gasteiger partial charge in [-0.1, -0.05) is 18.5 Å². The number of aromatic nitrogens is 1. The zero-order chi connectivity index (χ0) is 14.1. The molecule has 0 amide bonds. The number of halogens is 2. The van der Waals surface area contributed by atoms with Crippen LogP contribution >= 0.6 is 22.9 Å². The lowest BCUT2D eigenvalue weighted by atomic mass is 10.1. The van der Waals surface area contributed by atoms with Gasteiger partial charge in [0, 0.05) is 15.5 Å². The third-order valence-corrected chi connectivity index (χ3v) is 4.99. The number of fused-ring (bicyclic) bond motifs is 1. The van der Waals surface area contributed by atoms with Gasteiger partial charge in [0.15, 0.2) is 0 Å². The SMILES string of the molecule is CCNC(c1nc2c(s1)CCC2)c1cc(Cl)ccc1F. The summed E-state index contributed by atoms with van der Waals surface area (Å²) >= 11 is 7.71. The number of benzene rings is 1. The molecular weight excluding hydrogens is 295 g/mol. The third-order valence-electron chi connectivity index (χ3n) is 3.54. The monoisotopic (exact) mass is 310 g/mol. The molecule has 0 radical (unpaired) electrons. The van der Waals surface area contributed by atoms with Gasteiger partial charge in [0.25, 0.3) is 0 Å². The first kappa shape index (κ1) is 14.0. The zero-order valence-electron chi connectivity index (χ0n) is 11.2. The van der Waals surface area contributed by atoms with E-state index in [1.807, 2.05) is 6.92 Å². The summed E-state index contributed by atoms with van der Waals surface area (Å²) < 4.78 is 14.1.